The van der Waals surface area contributed by atoms with Crippen LogP contribution in [-0.2, 0) is 6.54 Å². The maximum atomic E-state index is 5.82. The van der Waals surface area contributed by atoms with Crippen molar-refractivity contribution in [3.8, 4) is 11.3 Å². The fourth-order valence-electron chi connectivity index (χ4n) is 2.76. The summed E-state index contributed by atoms with van der Waals surface area (Å²) in [5.41, 5.74) is 8.80. The number of hydrogen-bond acceptors (Lipinski definition) is 4. The molecule has 2 aromatic rings. The Morgan fingerprint density at radius 1 is 0.955 bits per heavy atom. The van der Waals surface area contributed by atoms with Crippen molar-refractivity contribution < 1.29 is 0 Å². The average Bonchev–Trinajstić information content (AvgIpc) is 2.84. The molecule has 2 N–H and O–H groups in total. The second-order valence-corrected chi connectivity index (χ2v) is 5.52. The van der Waals surface area contributed by atoms with Crippen molar-refractivity contribution in [3.63, 3.8) is 0 Å². The molecule has 1 saturated heterocycles. The minimum absolute atomic E-state index is 0. The Labute approximate surface area is 138 Å². The van der Waals surface area contributed by atoms with Crippen molar-refractivity contribution in [1.29, 1.82) is 0 Å². The average molecular weight is 319 g/mol. The zero-order valence-corrected chi connectivity index (χ0v) is 13.6. The van der Waals surface area contributed by atoms with Crippen LogP contribution in [0, 0.1) is 0 Å². The van der Waals surface area contributed by atoms with Crippen molar-refractivity contribution in [2.75, 3.05) is 18.0 Å². The van der Waals surface area contributed by atoms with Gasteiger partial charge >= 0.3 is 0 Å². The van der Waals surface area contributed by atoms with Crippen LogP contribution >= 0.6 is 12.4 Å². The van der Waals surface area contributed by atoms with Gasteiger partial charge < -0.3 is 10.6 Å². The summed E-state index contributed by atoms with van der Waals surface area (Å²) in [5.74, 6) is 0.832. The van der Waals surface area contributed by atoms with Crippen molar-refractivity contribution in [2.24, 2.45) is 5.73 Å². The molecule has 0 spiro atoms. The molecule has 4 nitrogen and oxygen atoms in total. The summed E-state index contributed by atoms with van der Waals surface area (Å²) < 4.78 is 0. The zero-order chi connectivity index (χ0) is 14.5. The first-order valence-electron chi connectivity index (χ1n) is 7.75. The summed E-state index contributed by atoms with van der Waals surface area (Å²) in [4.78, 5) is 11.7. The van der Waals surface area contributed by atoms with Gasteiger partial charge in [-0.15, -0.1) is 12.4 Å². The molecule has 0 unspecified atom stereocenters. The van der Waals surface area contributed by atoms with E-state index in [-0.39, 0.29) is 12.4 Å². The summed E-state index contributed by atoms with van der Waals surface area (Å²) in [6, 6.07) is 12.2. The zero-order valence-electron chi connectivity index (χ0n) is 12.7. The normalized spacial score (nSPS) is 15.0. The van der Waals surface area contributed by atoms with Crippen LogP contribution in [0.3, 0.4) is 0 Å². The Kier molecular flexibility index (Phi) is 6.16. The molecule has 0 atom stereocenters. The van der Waals surface area contributed by atoms with Gasteiger partial charge in [0.1, 0.15) is 0 Å². The van der Waals surface area contributed by atoms with Crippen molar-refractivity contribution in [2.45, 2.75) is 32.2 Å². The van der Waals surface area contributed by atoms with Crippen LogP contribution in [0.2, 0.25) is 0 Å². The molecule has 0 aliphatic carbocycles. The highest BCUT2D eigenvalue weighted by atomic mass is 35.5. The molecule has 1 aliphatic heterocycles. The lowest BCUT2D eigenvalue weighted by atomic mass is 10.1. The van der Waals surface area contributed by atoms with Crippen LogP contribution in [0.5, 0.6) is 0 Å². The van der Waals surface area contributed by atoms with E-state index in [1.165, 1.54) is 25.7 Å². The number of aromatic nitrogens is 2. The molecule has 22 heavy (non-hydrogen) atoms. The smallest absolute Gasteiger partial charge is 0.226 e. The van der Waals surface area contributed by atoms with Gasteiger partial charge in [0.05, 0.1) is 11.4 Å². The lowest BCUT2D eigenvalue weighted by molar-refractivity contribution is 0.726. The predicted octanol–water partition coefficient (Wildman–Crippen LogP) is 3.40. The predicted molar refractivity (Wildman–Crippen MR) is 93.3 cm³/mol. The molecule has 0 radical (unpaired) electrons. The van der Waals surface area contributed by atoms with Crippen molar-refractivity contribution >= 4 is 18.4 Å². The number of halogens is 1. The third-order valence-corrected chi connectivity index (χ3v) is 3.93. The van der Waals surface area contributed by atoms with Crippen LogP contribution in [0.1, 0.15) is 31.4 Å². The monoisotopic (exact) mass is 318 g/mol. The number of anilines is 1. The first kappa shape index (κ1) is 16.7. The quantitative estimate of drug-likeness (QED) is 0.942. The largest absolute Gasteiger partial charge is 0.341 e. The Balaban J connectivity index is 0.00000176. The van der Waals surface area contributed by atoms with Crippen LogP contribution < -0.4 is 10.6 Å². The van der Waals surface area contributed by atoms with Gasteiger partial charge in [0.15, 0.2) is 0 Å². The van der Waals surface area contributed by atoms with Crippen LogP contribution in [-0.4, -0.2) is 23.1 Å². The number of nitrogens with zero attached hydrogens (tertiary/aromatic N) is 3. The third kappa shape index (κ3) is 3.96. The molecular weight excluding hydrogens is 296 g/mol. The Morgan fingerprint density at radius 3 is 2.27 bits per heavy atom. The fraction of sp³-hybridized carbons (Fsp3) is 0.412. The van der Waals surface area contributed by atoms with E-state index in [4.69, 9.17) is 10.7 Å². The van der Waals surface area contributed by atoms with Gasteiger partial charge in [0, 0.05) is 25.2 Å². The van der Waals surface area contributed by atoms with Gasteiger partial charge in [-0.05, 0) is 18.9 Å². The minimum atomic E-state index is 0. The van der Waals surface area contributed by atoms with E-state index < -0.39 is 0 Å². The number of benzene rings is 1. The molecule has 3 rings (SSSR count). The molecule has 0 amide bonds. The van der Waals surface area contributed by atoms with Gasteiger partial charge in [0.25, 0.3) is 0 Å². The molecule has 118 valence electrons. The summed E-state index contributed by atoms with van der Waals surface area (Å²) in [6.45, 7) is 2.54. The maximum absolute atomic E-state index is 5.82. The van der Waals surface area contributed by atoms with Crippen molar-refractivity contribution in [1.82, 2.24) is 9.97 Å². The van der Waals surface area contributed by atoms with Crippen LogP contribution in [0.15, 0.2) is 36.4 Å². The molecule has 2 heterocycles. The molecule has 0 saturated carbocycles. The highest BCUT2D eigenvalue weighted by Gasteiger charge is 2.14. The van der Waals surface area contributed by atoms with E-state index >= 15 is 0 Å². The van der Waals surface area contributed by atoms with Crippen molar-refractivity contribution in [3.05, 3.63) is 42.1 Å². The number of rotatable bonds is 3. The molecule has 0 bridgehead atoms. The first-order valence-corrected chi connectivity index (χ1v) is 7.75. The Hall–Kier alpha value is -1.65. The topological polar surface area (TPSA) is 55.0 Å². The molecule has 1 aromatic heterocycles. The van der Waals surface area contributed by atoms with E-state index in [1.54, 1.807) is 0 Å². The first-order chi connectivity index (χ1) is 10.4. The van der Waals surface area contributed by atoms with Gasteiger partial charge in [-0.2, -0.15) is 0 Å². The lowest BCUT2D eigenvalue weighted by Gasteiger charge is -2.21. The maximum Gasteiger partial charge on any atom is 0.226 e. The molecule has 1 aliphatic rings. The Morgan fingerprint density at radius 2 is 1.64 bits per heavy atom. The van der Waals surface area contributed by atoms with Gasteiger partial charge in [0.2, 0.25) is 5.95 Å². The van der Waals surface area contributed by atoms with Crippen LogP contribution in [0.4, 0.5) is 5.95 Å². The van der Waals surface area contributed by atoms with Gasteiger partial charge in [-0.25, -0.2) is 9.97 Å². The third-order valence-electron chi connectivity index (χ3n) is 3.93. The summed E-state index contributed by atoms with van der Waals surface area (Å²) >= 11 is 0. The SMILES string of the molecule is Cl.NCc1cc(-c2ccccc2)nc(N2CCCCCC2)n1. The second kappa shape index (κ2) is 8.11. The highest BCUT2D eigenvalue weighted by Crippen LogP contribution is 2.22. The van der Waals surface area contributed by atoms with Gasteiger partial charge in [-0.3, -0.25) is 0 Å². The highest BCUT2D eigenvalue weighted by molar-refractivity contribution is 5.85. The van der Waals surface area contributed by atoms with E-state index in [9.17, 15) is 0 Å². The fourth-order valence-corrected chi connectivity index (χ4v) is 2.76. The molecule has 1 aromatic carbocycles. The van der Waals surface area contributed by atoms with Crippen LogP contribution in [0.25, 0.3) is 11.3 Å². The standard InChI is InChI=1S/C17H22N4.ClH/c18-13-15-12-16(14-8-4-3-5-9-14)20-17(19-15)21-10-6-1-2-7-11-21;/h3-5,8-9,12H,1-2,6-7,10-11,13,18H2;1H. The summed E-state index contributed by atoms with van der Waals surface area (Å²) in [7, 11) is 0. The molecular formula is C17H23ClN4. The molecule has 1 fully saturated rings. The minimum Gasteiger partial charge on any atom is -0.341 e. The van der Waals surface area contributed by atoms with Gasteiger partial charge in [-0.1, -0.05) is 43.2 Å². The Bertz CT molecular complexity index is 580. The summed E-state index contributed by atoms with van der Waals surface area (Å²) in [5, 5.41) is 0. The number of nitrogens with two attached hydrogens (primary N) is 1. The second-order valence-electron chi connectivity index (χ2n) is 5.52. The van der Waals surface area contributed by atoms with E-state index in [1.807, 2.05) is 24.3 Å². The number of hydrogen-bond donors (Lipinski definition) is 1. The summed E-state index contributed by atoms with van der Waals surface area (Å²) in [6.07, 6.45) is 5.05. The lowest BCUT2D eigenvalue weighted by Crippen LogP contribution is -2.26. The van der Waals surface area contributed by atoms with E-state index in [0.717, 1.165) is 36.0 Å². The van der Waals surface area contributed by atoms with E-state index in [2.05, 4.69) is 22.0 Å². The van der Waals surface area contributed by atoms with E-state index in [0.29, 0.717) is 6.54 Å². The molecule has 5 heteroatoms.